The molecular formula is C14H25N3O3. The number of nitrogens with one attached hydrogen (secondary N) is 1. The maximum Gasteiger partial charge on any atom is 0.227 e. The van der Waals surface area contributed by atoms with E-state index in [1.165, 1.54) is 25.6 Å². The summed E-state index contributed by atoms with van der Waals surface area (Å²) in [6.45, 7) is 3.87. The normalized spacial score (nSPS) is 24.7. The van der Waals surface area contributed by atoms with Gasteiger partial charge in [0, 0.05) is 19.5 Å². The summed E-state index contributed by atoms with van der Waals surface area (Å²) in [6, 6.07) is 0. The van der Waals surface area contributed by atoms with E-state index in [0.29, 0.717) is 44.0 Å². The Morgan fingerprint density at radius 1 is 1.50 bits per heavy atom. The lowest BCUT2D eigenvalue weighted by Crippen LogP contribution is -2.35. The zero-order valence-corrected chi connectivity index (χ0v) is 12.1. The molecule has 1 aliphatic carbocycles. The van der Waals surface area contributed by atoms with Crippen molar-refractivity contribution in [3.8, 4) is 0 Å². The van der Waals surface area contributed by atoms with Gasteiger partial charge in [-0.25, -0.2) is 0 Å². The van der Waals surface area contributed by atoms with Crippen molar-refractivity contribution < 1.29 is 14.4 Å². The highest BCUT2D eigenvalue weighted by Gasteiger charge is 2.22. The second kappa shape index (κ2) is 8.34. The van der Waals surface area contributed by atoms with E-state index in [1.54, 1.807) is 0 Å². The van der Waals surface area contributed by atoms with Crippen LogP contribution in [0.1, 0.15) is 38.5 Å². The van der Waals surface area contributed by atoms with Gasteiger partial charge in [0.05, 0.1) is 18.8 Å². The Balaban J connectivity index is 1.52. The fraction of sp³-hybridized carbons (Fsp3) is 0.857. The number of aromatic nitrogens is 2. The summed E-state index contributed by atoms with van der Waals surface area (Å²) in [6.07, 6.45) is 6.83. The van der Waals surface area contributed by atoms with Gasteiger partial charge in [0.15, 0.2) is 6.33 Å². The first-order valence-corrected chi connectivity index (χ1v) is 7.51. The van der Waals surface area contributed by atoms with E-state index in [9.17, 15) is 5.11 Å². The summed E-state index contributed by atoms with van der Waals surface area (Å²) in [5.74, 6) is 1.22. The molecule has 1 aromatic heterocycles. The fourth-order valence-corrected chi connectivity index (χ4v) is 2.59. The molecule has 1 heterocycles. The fourth-order valence-electron chi connectivity index (χ4n) is 2.59. The van der Waals surface area contributed by atoms with Gasteiger partial charge in [-0.05, 0) is 18.8 Å². The van der Waals surface area contributed by atoms with Gasteiger partial charge >= 0.3 is 0 Å². The molecule has 1 aliphatic rings. The number of hydrogen-bond donors (Lipinski definition) is 2. The van der Waals surface area contributed by atoms with E-state index >= 15 is 0 Å². The zero-order chi connectivity index (χ0) is 14.2. The lowest BCUT2D eigenvalue weighted by atomic mass is 9.88. The van der Waals surface area contributed by atoms with Gasteiger partial charge < -0.3 is 19.7 Å². The van der Waals surface area contributed by atoms with Gasteiger partial charge in [-0.3, -0.25) is 0 Å². The molecule has 0 aliphatic heterocycles. The van der Waals surface area contributed by atoms with Crippen LogP contribution in [0.5, 0.6) is 0 Å². The number of rotatable bonds is 8. The van der Waals surface area contributed by atoms with Crippen LogP contribution in [0.25, 0.3) is 0 Å². The van der Waals surface area contributed by atoms with E-state index in [-0.39, 0.29) is 0 Å². The van der Waals surface area contributed by atoms with Crippen LogP contribution < -0.4 is 5.32 Å². The predicted octanol–water partition coefficient (Wildman–Crippen LogP) is 1.16. The molecule has 6 heteroatoms. The Morgan fingerprint density at radius 3 is 3.10 bits per heavy atom. The highest BCUT2D eigenvalue weighted by molar-refractivity contribution is 4.76. The average Bonchev–Trinajstić information content (AvgIpc) is 2.96. The maximum atomic E-state index is 9.88. The number of aliphatic hydroxyl groups is 1. The van der Waals surface area contributed by atoms with Crippen molar-refractivity contribution in [1.29, 1.82) is 0 Å². The minimum absolute atomic E-state index is 0.316. The standard InChI is InChI=1S/C14H25N3O3/c1-11-4-2-3-5-13(11)19-9-12(18)8-15-7-6-14-16-10-17-20-14/h10-13,15,18H,2-9H2,1H3. The Labute approximate surface area is 119 Å². The second-order valence-corrected chi connectivity index (χ2v) is 5.58. The van der Waals surface area contributed by atoms with Crippen LogP contribution in [-0.4, -0.2) is 47.2 Å². The summed E-state index contributed by atoms with van der Waals surface area (Å²) in [4.78, 5) is 3.93. The molecule has 3 unspecified atom stereocenters. The van der Waals surface area contributed by atoms with Crippen LogP contribution in [0.3, 0.4) is 0 Å². The third-order valence-corrected chi connectivity index (χ3v) is 3.84. The molecule has 0 aromatic carbocycles. The molecular weight excluding hydrogens is 258 g/mol. The first-order valence-electron chi connectivity index (χ1n) is 7.51. The first kappa shape index (κ1) is 15.4. The van der Waals surface area contributed by atoms with Gasteiger partial charge in [-0.2, -0.15) is 4.98 Å². The van der Waals surface area contributed by atoms with Crippen molar-refractivity contribution >= 4 is 0 Å². The summed E-state index contributed by atoms with van der Waals surface area (Å²) in [5, 5.41) is 16.6. The van der Waals surface area contributed by atoms with Crippen LogP contribution >= 0.6 is 0 Å². The number of ether oxygens (including phenoxy) is 1. The molecule has 1 fully saturated rings. The molecule has 3 atom stereocenters. The van der Waals surface area contributed by atoms with E-state index < -0.39 is 6.10 Å². The average molecular weight is 283 g/mol. The van der Waals surface area contributed by atoms with Gasteiger partial charge in [-0.15, -0.1) is 0 Å². The maximum absolute atomic E-state index is 9.88. The van der Waals surface area contributed by atoms with E-state index in [2.05, 4.69) is 22.4 Å². The first-order chi connectivity index (χ1) is 9.75. The summed E-state index contributed by atoms with van der Waals surface area (Å²) < 4.78 is 10.7. The van der Waals surface area contributed by atoms with Crippen molar-refractivity contribution in [3.63, 3.8) is 0 Å². The Kier molecular flexibility index (Phi) is 6.42. The van der Waals surface area contributed by atoms with Crippen molar-refractivity contribution in [2.45, 2.75) is 51.2 Å². The number of hydrogen-bond acceptors (Lipinski definition) is 6. The van der Waals surface area contributed by atoms with Crippen LogP contribution in [0.4, 0.5) is 0 Å². The second-order valence-electron chi connectivity index (χ2n) is 5.58. The van der Waals surface area contributed by atoms with Crippen LogP contribution in [0, 0.1) is 5.92 Å². The third-order valence-electron chi connectivity index (χ3n) is 3.84. The van der Waals surface area contributed by atoms with Crippen molar-refractivity contribution in [3.05, 3.63) is 12.2 Å². The molecule has 1 aromatic rings. The number of nitrogens with zero attached hydrogens (tertiary/aromatic N) is 2. The largest absolute Gasteiger partial charge is 0.389 e. The van der Waals surface area contributed by atoms with E-state index in [0.717, 1.165) is 6.42 Å². The molecule has 20 heavy (non-hydrogen) atoms. The van der Waals surface area contributed by atoms with Gasteiger partial charge in [0.2, 0.25) is 5.89 Å². The quantitative estimate of drug-likeness (QED) is 0.697. The molecule has 2 rings (SSSR count). The Hall–Kier alpha value is -0.980. The molecule has 0 amide bonds. The predicted molar refractivity (Wildman–Crippen MR) is 74.3 cm³/mol. The minimum Gasteiger partial charge on any atom is -0.389 e. The van der Waals surface area contributed by atoms with Gasteiger partial charge in [0.1, 0.15) is 0 Å². The zero-order valence-electron chi connectivity index (χ0n) is 12.1. The molecule has 1 saturated carbocycles. The Bertz CT molecular complexity index is 359. The Morgan fingerprint density at radius 2 is 2.35 bits per heavy atom. The van der Waals surface area contributed by atoms with E-state index in [4.69, 9.17) is 9.26 Å². The smallest absolute Gasteiger partial charge is 0.227 e. The summed E-state index contributed by atoms with van der Waals surface area (Å²) >= 11 is 0. The molecule has 0 spiro atoms. The molecule has 6 nitrogen and oxygen atoms in total. The van der Waals surface area contributed by atoms with Crippen LogP contribution in [-0.2, 0) is 11.2 Å². The molecule has 114 valence electrons. The third kappa shape index (κ3) is 5.19. The van der Waals surface area contributed by atoms with Crippen molar-refractivity contribution in [2.75, 3.05) is 19.7 Å². The summed E-state index contributed by atoms with van der Waals surface area (Å²) in [7, 11) is 0. The molecule has 0 bridgehead atoms. The minimum atomic E-state index is -0.466. The SMILES string of the molecule is CC1CCCCC1OCC(O)CNCCc1ncno1. The topological polar surface area (TPSA) is 80.4 Å². The van der Waals surface area contributed by atoms with Crippen LogP contribution in [0.2, 0.25) is 0 Å². The molecule has 0 saturated heterocycles. The highest BCUT2D eigenvalue weighted by Crippen LogP contribution is 2.26. The monoisotopic (exact) mass is 283 g/mol. The van der Waals surface area contributed by atoms with Crippen molar-refractivity contribution in [2.24, 2.45) is 5.92 Å². The lowest BCUT2D eigenvalue weighted by Gasteiger charge is -2.29. The van der Waals surface area contributed by atoms with E-state index in [1.807, 2.05) is 0 Å². The lowest BCUT2D eigenvalue weighted by molar-refractivity contribution is -0.0451. The van der Waals surface area contributed by atoms with Crippen LogP contribution in [0.15, 0.2) is 10.9 Å². The molecule has 0 radical (unpaired) electrons. The summed E-state index contributed by atoms with van der Waals surface area (Å²) in [5.41, 5.74) is 0. The van der Waals surface area contributed by atoms with Gasteiger partial charge in [-0.1, -0.05) is 24.9 Å². The number of aliphatic hydroxyl groups excluding tert-OH is 1. The van der Waals surface area contributed by atoms with Crippen molar-refractivity contribution in [1.82, 2.24) is 15.5 Å². The van der Waals surface area contributed by atoms with Gasteiger partial charge in [0.25, 0.3) is 0 Å². The highest BCUT2D eigenvalue weighted by atomic mass is 16.5. The molecule has 2 N–H and O–H groups in total.